The first kappa shape index (κ1) is 14.2. The fraction of sp³-hybridized carbons (Fsp3) is 0.286. The first-order valence-electron chi connectivity index (χ1n) is 6.19. The van der Waals surface area contributed by atoms with Crippen LogP contribution < -0.4 is 5.32 Å². The smallest absolute Gasteiger partial charge is 0.269 e. The SMILES string of the molecule is CC(O)(CNCc1ccc([N+](=O)[O-])cc1)c1ccco1. The lowest BCUT2D eigenvalue weighted by Crippen LogP contribution is -2.34. The zero-order valence-electron chi connectivity index (χ0n) is 11.1. The van der Waals surface area contributed by atoms with Crippen molar-refractivity contribution in [2.45, 2.75) is 19.1 Å². The van der Waals surface area contributed by atoms with Gasteiger partial charge in [-0.05, 0) is 24.6 Å². The normalized spacial score (nSPS) is 13.9. The van der Waals surface area contributed by atoms with Gasteiger partial charge in [0.1, 0.15) is 11.4 Å². The summed E-state index contributed by atoms with van der Waals surface area (Å²) in [5.41, 5.74) is -0.119. The summed E-state index contributed by atoms with van der Waals surface area (Å²) in [5, 5.41) is 23.9. The predicted molar refractivity (Wildman–Crippen MR) is 73.1 cm³/mol. The van der Waals surface area contributed by atoms with E-state index in [1.54, 1.807) is 31.2 Å². The second-order valence-electron chi connectivity index (χ2n) is 4.78. The number of hydrogen-bond acceptors (Lipinski definition) is 5. The number of aliphatic hydroxyl groups is 1. The molecule has 2 N–H and O–H groups in total. The Hall–Kier alpha value is -2.18. The molecule has 0 aliphatic heterocycles. The molecular weight excluding hydrogens is 260 g/mol. The van der Waals surface area contributed by atoms with Crippen molar-refractivity contribution in [1.82, 2.24) is 5.32 Å². The molecule has 106 valence electrons. The third kappa shape index (κ3) is 3.43. The van der Waals surface area contributed by atoms with Crippen LogP contribution in [0.5, 0.6) is 0 Å². The standard InChI is InChI=1S/C14H16N2O4/c1-14(17,13-3-2-8-20-13)10-15-9-11-4-6-12(7-5-11)16(18)19/h2-8,15,17H,9-10H2,1H3. The van der Waals surface area contributed by atoms with Crippen LogP contribution >= 0.6 is 0 Å². The van der Waals surface area contributed by atoms with Gasteiger partial charge in [0, 0.05) is 25.2 Å². The van der Waals surface area contributed by atoms with Crippen molar-refractivity contribution in [2.75, 3.05) is 6.54 Å². The third-order valence-corrected chi connectivity index (χ3v) is 3.00. The maximum Gasteiger partial charge on any atom is 0.269 e. The highest BCUT2D eigenvalue weighted by Gasteiger charge is 2.25. The first-order chi connectivity index (χ1) is 9.49. The summed E-state index contributed by atoms with van der Waals surface area (Å²) in [6, 6.07) is 9.73. The fourth-order valence-electron chi connectivity index (χ4n) is 1.86. The van der Waals surface area contributed by atoms with Gasteiger partial charge < -0.3 is 14.8 Å². The molecule has 2 rings (SSSR count). The number of furan rings is 1. The molecule has 2 aromatic rings. The van der Waals surface area contributed by atoms with Crippen molar-refractivity contribution < 1.29 is 14.4 Å². The number of hydrogen-bond donors (Lipinski definition) is 2. The molecule has 0 aliphatic rings. The van der Waals surface area contributed by atoms with Gasteiger partial charge in [0.05, 0.1) is 11.2 Å². The van der Waals surface area contributed by atoms with Crippen molar-refractivity contribution in [1.29, 1.82) is 0 Å². The van der Waals surface area contributed by atoms with Crippen molar-refractivity contribution in [3.05, 3.63) is 64.1 Å². The average Bonchev–Trinajstić information content (AvgIpc) is 2.94. The summed E-state index contributed by atoms with van der Waals surface area (Å²) in [7, 11) is 0. The second-order valence-corrected chi connectivity index (χ2v) is 4.78. The van der Waals surface area contributed by atoms with Gasteiger partial charge in [-0.15, -0.1) is 0 Å². The Kier molecular flexibility index (Phi) is 4.16. The summed E-state index contributed by atoms with van der Waals surface area (Å²) >= 11 is 0. The summed E-state index contributed by atoms with van der Waals surface area (Å²) in [5.74, 6) is 0.494. The van der Waals surface area contributed by atoms with Gasteiger partial charge in [0.25, 0.3) is 5.69 Å². The van der Waals surface area contributed by atoms with Crippen LogP contribution in [0.15, 0.2) is 47.1 Å². The maximum absolute atomic E-state index is 10.5. The molecule has 0 saturated heterocycles. The van der Waals surface area contributed by atoms with Gasteiger partial charge in [0.15, 0.2) is 0 Å². The highest BCUT2D eigenvalue weighted by Crippen LogP contribution is 2.20. The number of nitro groups is 1. The largest absolute Gasteiger partial charge is 0.466 e. The Bertz CT molecular complexity index is 561. The van der Waals surface area contributed by atoms with E-state index in [1.165, 1.54) is 18.4 Å². The van der Waals surface area contributed by atoms with E-state index >= 15 is 0 Å². The van der Waals surface area contributed by atoms with Crippen molar-refractivity contribution in [3.63, 3.8) is 0 Å². The lowest BCUT2D eigenvalue weighted by atomic mass is 10.0. The van der Waals surface area contributed by atoms with Gasteiger partial charge in [-0.3, -0.25) is 10.1 Å². The van der Waals surface area contributed by atoms with Gasteiger partial charge in [0.2, 0.25) is 0 Å². The van der Waals surface area contributed by atoms with Crippen LogP contribution in [0.25, 0.3) is 0 Å². The molecule has 0 amide bonds. The van der Waals surface area contributed by atoms with Crippen LogP contribution in [0.3, 0.4) is 0 Å². The number of non-ortho nitro benzene ring substituents is 1. The molecule has 0 fully saturated rings. The van der Waals surface area contributed by atoms with E-state index in [0.717, 1.165) is 5.56 Å². The summed E-state index contributed by atoms with van der Waals surface area (Å²) in [6.45, 7) is 2.49. The van der Waals surface area contributed by atoms with Gasteiger partial charge in [-0.25, -0.2) is 0 Å². The minimum atomic E-state index is -1.09. The number of benzene rings is 1. The van der Waals surface area contributed by atoms with E-state index in [1.807, 2.05) is 0 Å². The predicted octanol–water partition coefficient (Wildman–Crippen LogP) is 2.19. The van der Waals surface area contributed by atoms with Crippen LogP contribution in [0.1, 0.15) is 18.2 Å². The summed E-state index contributed by atoms with van der Waals surface area (Å²) in [4.78, 5) is 10.1. The fourth-order valence-corrected chi connectivity index (χ4v) is 1.86. The number of nitrogens with one attached hydrogen (secondary N) is 1. The lowest BCUT2D eigenvalue weighted by molar-refractivity contribution is -0.384. The minimum Gasteiger partial charge on any atom is -0.466 e. The van der Waals surface area contributed by atoms with Crippen molar-refractivity contribution in [2.24, 2.45) is 0 Å². The molecule has 1 unspecified atom stereocenters. The highest BCUT2D eigenvalue weighted by atomic mass is 16.6. The Labute approximate surface area is 116 Å². The molecule has 1 atom stereocenters. The Morgan fingerprint density at radius 2 is 2.05 bits per heavy atom. The van der Waals surface area contributed by atoms with Crippen LogP contribution in [0.2, 0.25) is 0 Å². The second kappa shape index (κ2) is 5.85. The summed E-state index contributed by atoms with van der Waals surface area (Å²) in [6.07, 6.45) is 1.51. The monoisotopic (exact) mass is 276 g/mol. The molecule has 0 aliphatic carbocycles. The molecule has 20 heavy (non-hydrogen) atoms. The molecule has 1 heterocycles. The molecular formula is C14H16N2O4. The molecule has 1 aromatic heterocycles. The molecule has 6 nitrogen and oxygen atoms in total. The van der Waals surface area contributed by atoms with E-state index in [2.05, 4.69) is 5.32 Å². The van der Waals surface area contributed by atoms with Crippen LogP contribution in [-0.4, -0.2) is 16.6 Å². The quantitative estimate of drug-likeness (QED) is 0.623. The number of rotatable bonds is 6. The van der Waals surface area contributed by atoms with E-state index in [9.17, 15) is 15.2 Å². The number of nitro benzene ring substituents is 1. The lowest BCUT2D eigenvalue weighted by Gasteiger charge is -2.21. The van der Waals surface area contributed by atoms with Gasteiger partial charge >= 0.3 is 0 Å². The van der Waals surface area contributed by atoms with E-state index in [0.29, 0.717) is 18.8 Å². The molecule has 0 saturated carbocycles. The topological polar surface area (TPSA) is 88.5 Å². The van der Waals surface area contributed by atoms with E-state index in [4.69, 9.17) is 4.42 Å². The van der Waals surface area contributed by atoms with E-state index < -0.39 is 10.5 Å². The molecule has 6 heteroatoms. The highest BCUT2D eigenvalue weighted by molar-refractivity contribution is 5.32. The molecule has 1 aromatic carbocycles. The van der Waals surface area contributed by atoms with Crippen LogP contribution in [0.4, 0.5) is 5.69 Å². The zero-order valence-corrected chi connectivity index (χ0v) is 11.1. The van der Waals surface area contributed by atoms with Gasteiger partial charge in [-0.1, -0.05) is 12.1 Å². The molecule has 0 bridgehead atoms. The Morgan fingerprint density at radius 3 is 2.60 bits per heavy atom. The first-order valence-corrected chi connectivity index (χ1v) is 6.19. The molecule has 0 radical (unpaired) electrons. The van der Waals surface area contributed by atoms with Crippen LogP contribution in [0, 0.1) is 10.1 Å². The third-order valence-electron chi connectivity index (χ3n) is 3.00. The Morgan fingerprint density at radius 1 is 1.35 bits per heavy atom. The zero-order chi connectivity index (χ0) is 14.6. The maximum atomic E-state index is 10.5. The Balaban J connectivity index is 1.88. The van der Waals surface area contributed by atoms with Gasteiger partial charge in [-0.2, -0.15) is 0 Å². The minimum absolute atomic E-state index is 0.0660. The molecule has 0 spiro atoms. The van der Waals surface area contributed by atoms with Crippen LogP contribution in [-0.2, 0) is 12.1 Å². The van der Waals surface area contributed by atoms with E-state index in [-0.39, 0.29) is 5.69 Å². The van der Waals surface area contributed by atoms with Crippen molar-refractivity contribution in [3.8, 4) is 0 Å². The number of nitrogens with zero attached hydrogens (tertiary/aromatic N) is 1. The summed E-state index contributed by atoms with van der Waals surface area (Å²) < 4.78 is 5.18. The average molecular weight is 276 g/mol. The van der Waals surface area contributed by atoms with Crippen molar-refractivity contribution >= 4 is 5.69 Å².